The van der Waals surface area contributed by atoms with Crippen LogP contribution in [0.15, 0.2) is 16.8 Å². The summed E-state index contributed by atoms with van der Waals surface area (Å²) in [5.74, 6) is 0.0484. The highest BCUT2D eigenvalue weighted by Gasteiger charge is 2.05. The molecule has 0 aromatic carbocycles. The van der Waals surface area contributed by atoms with Crippen LogP contribution in [0.4, 0.5) is 0 Å². The predicted molar refractivity (Wildman–Crippen MR) is 59.3 cm³/mol. The maximum absolute atomic E-state index is 11.4. The molecule has 1 aromatic rings. The molecular weight excluding hydrogens is 196 g/mol. The van der Waals surface area contributed by atoms with E-state index in [1.165, 1.54) is 0 Å². The Kier molecular flexibility index (Phi) is 4.62. The standard InChI is InChI=1S/C10H16N2OS/c1-2-9(11)6-12-10(13)5-8-3-4-14-7-8/h3-4,7,9H,2,5-6,11H2,1H3,(H,12,13). The molecule has 78 valence electrons. The fourth-order valence-corrected chi connectivity index (χ4v) is 1.70. The van der Waals surface area contributed by atoms with Crippen LogP contribution in [-0.4, -0.2) is 18.5 Å². The third-order valence-electron chi connectivity index (χ3n) is 2.03. The smallest absolute Gasteiger partial charge is 0.224 e. The Balaban J connectivity index is 2.23. The lowest BCUT2D eigenvalue weighted by Gasteiger charge is -2.09. The minimum absolute atomic E-state index is 0.0484. The van der Waals surface area contributed by atoms with Gasteiger partial charge in [-0.05, 0) is 28.8 Å². The van der Waals surface area contributed by atoms with Crippen LogP contribution < -0.4 is 11.1 Å². The number of rotatable bonds is 5. The second kappa shape index (κ2) is 5.78. The molecule has 0 spiro atoms. The molecule has 1 atom stereocenters. The molecule has 4 heteroatoms. The van der Waals surface area contributed by atoms with Crippen LogP contribution >= 0.6 is 11.3 Å². The zero-order chi connectivity index (χ0) is 10.4. The van der Waals surface area contributed by atoms with Crippen LogP contribution in [0.5, 0.6) is 0 Å². The van der Waals surface area contributed by atoms with Gasteiger partial charge in [-0.2, -0.15) is 11.3 Å². The number of nitrogens with one attached hydrogen (secondary N) is 1. The van der Waals surface area contributed by atoms with E-state index in [-0.39, 0.29) is 11.9 Å². The summed E-state index contributed by atoms with van der Waals surface area (Å²) in [5.41, 5.74) is 6.75. The fourth-order valence-electron chi connectivity index (χ4n) is 1.03. The van der Waals surface area contributed by atoms with E-state index in [0.717, 1.165) is 12.0 Å². The minimum Gasteiger partial charge on any atom is -0.354 e. The molecule has 3 N–H and O–H groups in total. The highest BCUT2D eigenvalue weighted by Crippen LogP contribution is 2.06. The molecular formula is C10H16N2OS. The van der Waals surface area contributed by atoms with Crippen LogP contribution in [0.3, 0.4) is 0 Å². The van der Waals surface area contributed by atoms with Crippen molar-refractivity contribution in [2.45, 2.75) is 25.8 Å². The van der Waals surface area contributed by atoms with Crippen molar-refractivity contribution in [1.82, 2.24) is 5.32 Å². The first kappa shape index (κ1) is 11.2. The van der Waals surface area contributed by atoms with Crippen LogP contribution in [0.1, 0.15) is 18.9 Å². The zero-order valence-corrected chi connectivity index (χ0v) is 9.14. The first-order chi connectivity index (χ1) is 6.72. The van der Waals surface area contributed by atoms with E-state index in [4.69, 9.17) is 5.73 Å². The molecule has 1 rings (SSSR count). The average molecular weight is 212 g/mol. The summed E-state index contributed by atoms with van der Waals surface area (Å²) in [6, 6.07) is 2.03. The van der Waals surface area contributed by atoms with Crippen molar-refractivity contribution in [3.63, 3.8) is 0 Å². The number of carbonyl (C=O) groups excluding carboxylic acids is 1. The third-order valence-corrected chi connectivity index (χ3v) is 2.76. The van der Waals surface area contributed by atoms with Gasteiger partial charge in [0.1, 0.15) is 0 Å². The quantitative estimate of drug-likeness (QED) is 0.769. The second-order valence-corrected chi connectivity index (χ2v) is 4.06. The number of nitrogens with two attached hydrogens (primary N) is 1. The number of carbonyl (C=O) groups is 1. The van der Waals surface area contributed by atoms with Gasteiger partial charge in [0.15, 0.2) is 0 Å². The highest BCUT2D eigenvalue weighted by molar-refractivity contribution is 7.07. The van der Waals surface area contributed by atoms with Gasteiger partial charge in [0.25, 0.3) is 0 Å². The van der Waals surface area contributed by atoms with Crippen molar-refractivity contribution in [1.29, 1.82) is 0 Å². The van der Waals surface area contributed by atoms with Gasteiger partial charge in [0, 0.05) is 12.6 Å². The van der Waals surface area contributed by atoms with E-state index in [2.05, 4.69) is 5.32 Å². The monoisotopic (exact) mass is 212 g/mol. The van der Waals surface area contributed by atoms with E-state index in [1.54, 1.807) is 11.3 Å². The first-order valence-electron chi connectivity index (χ1n) is 4.75. The summed E-state index contributed by atoms with van der Waals surface area (Å²) in [6.07, 6.45) is 1.35. The van der Waals surface area contributed by atoms with Crippen molar-refractivity contribution in [2.24, 2.45) is 5.73 Å². The molecule has 1 aromatic heterocycles. The summed E-state index contributed by atoms with van der Waals surface area (Å²) in [4.78, 5) is 11.4. The van der Waals surface area contributed by atoms with Crippen LogP contribution in [-0.2, 0) is 11.2 Å². The van der Waals surface area contributed by atoms with Gasteiger partial charge in [-0.15, -0.1) is 0 Å². The second-order valence-electron chi connectivity index (χ2n) is 3.28. The molecule has 0 fully saturated rings. The van der Waals surface area contributed by atoms with E-state index in [0.29, 0.717) is 13.0 Å². The molecule has 0 aliphatic heterocycles. The first-order valence-corrected chi connectivity index (χ1v) is 5.70. The molecule has 1 unspecified atom stereocenters. The number of hydrogen-bond donors (Lipinski definition) is 2. The average Bonchev–Trinajstić information content (AvgIpc) is 2.66. The largest absolute Gasteiger partial charge is 0.354 e. The van der Waals surface area contributed by atoms with Gasteiger partial charge in [-0.3, -0.25) is 4.79 Å². The van der Waals surface area contributed by atoms with Crippen molar-refractivity contribution in [2.75, 3.05) is 6.54 Å². The molecule has 0 aliphatic carbocycles. The minimum atomic E-state index is 0.0484. The molecule has 1 amide bonds. The van der Waals surface area contributed by atoms with E-state index in [1.807, 2.05) is 23.8 Å². The van der Waals surface area contributed by atoms with Crippen LogP contribution in [0.2, 0.25) is 0 Å². The molecule has 0 saturated carbocycles. The normalized spacial score (nSPS) is 12.4. The lowest BCUT2D eigenvalue weighted by Crippen LogP contribution is -2.37. The van der Waals surface area contributed by atoms with Gasteiger partial charge >= 0.3 is 0 Å². The van der Waals surface area contributed by atoms with Crippen LogP contribution in [0.25, 0.3) is 0 Å². The lowest BCUT2D eigenvalue weighted by atomic mass is 10.2. The Morgan fingerprint density at radius 1 is 1.71 bits per heavy atom. The van der Waals surface area contributed by atoms with Crippen molar-refractivity contribution < 1.29 is 4.79 Å². The summed E-state index contributed by atoms with van der Waals surface area (Å²) in [5, 5.41) is 6.77. The molecule has 1 heterocycles. The SMILES string of the molecule is CCC(N)CNC(=O)Cc1ccsc1. The topological polar surface area (TPSA) is 55.1 Å². The molecule has 3 nitrogen and oxygen atoms in total. The van der Waals surface area contributed by atoms with E-state index < -0.39 is 0 Å². The Labute approximate surface area is 88.3 Å². The number of hydrogen-bond acceptors (Lipinski definition) is 3. The summed E-state index contributed by atoms with van der Waals surface area (Å²) < 4.78 is 0. The van der Waals surface area contributed by atoms with Crippen molar-refractivity contribution >= 4 is 17.2 Å². The molecule has 0 aliphatic rings. The summed E-state index contributed by atoms with van der Waals surface area (Å²) >= 11 is 1.61. The summed E-state index contributed by atoms with van der Waals surface area (Å²) in [7, 11) is 0. The van der Waals surface area contributed by atoms with Gasteiger partial charge in [0.2, 0.25) is 5.91 Å². The maximum atomic E-state index is 11.4. The zero-order valence-electron chi connectivity index (χ0n) is 8.32. The number of thiophene rings is 1. The maximum Gasteiger partial charge on any atom is 0.224 e. The van der Waals surface area contributed by atoms with Gasteiger partial charge in [-0.25, -0.2) is 0 Å². The Hall–Kier alpha value is -0.870. The Morgan fingerprint density at radius 2 is 2.50 bits per heavy atom. The molecule has 0 radical (unpaired) electrons. The van der Waals surface area contributed by atoms with Gasteiger partial charge < -0.3 is 11.1 Å². The van der Waals surface area contributed by atoms with Gasteiger partial charge in [0.05, 0.1) is 6.42 Å². The molecule has 0 saturated heterocycles. The highest BCUT2D eigenvalue weighted by atomic mass is 32.1. The molecule has 0 bridgehead atoms. The van der Waals surface area contributed by atoms with E-state index in [9.17, 15) is 4.79 Å². The van der Waals surface area contributed by atoms with E-state index >= 15 is 0 Å². The molecule has 14 heavy (non-hydrogen) atoms. The lowest BCUT2D eigenvalue weighted by molar-refractivity contribution is -0.120. The number of amides is 1. The van der Waals surface area contributed by atoms with Gasteiger partial charge in [-0.1, -0.05) is 6.92 Å². The summed E-state index contributed by atoms with van der Waals surface area (Å²) in [6.45, 7) is 2.58. The predicted octanol–water partition coefficient (Wildman–Crippen LogP) is 1.14. The Morgan fingerprint density at radius 3 is 3.07 bits per heavy atom. The fraction of sp³-hybridized carbons (Fsp3) is 0.500. The Bertz CT molecular complexity index is 272. The van der Waals surface area contributed by atoms with Crippen LogP contribution in [0, 0.1) is 0 Å². The third kappa shape index (κ3) is 3.89. The van der Waals surface area contributed by atoms with Crippen molar-refractivity contribution in [3.05, 3.63) is 22.4 Å². The van der Waals surface area contributed by atoms with Crippen molar-refractivity contribution in [3.8, 4) is 0 Å².